The summed E-state index contributed by atoms with van der Waals surface area (Å²) in [5.74, 6) is -0.897. The Morgan fingerprint density at radius 3 is 2.04 bits per heavy atom. The van der Waals surface area contributed by atoms with Crippen molar-refractivity contribution in [3.8, 4) is 0 Å². The van der Waals surface area contributed by atoms with Gasteiger partial charge in [-0.05, 0) is 45.5 Å². The van der Waals surface area contributed by atoms with Crippen LogP contribution in [-0.2, 0) is 11.3 Å². The van der Waals surface area contributed by atoms with E-state index in [0.717, 1.165) is 12.1 Å². The van der Waals surface area contributed by atoms with E-state index in [1.165, 1.54) is 0 Å². The molecule has 0 atom stereocenters. The Morgan fingerprint density at radius 2 is 1.62 bits per heavy atom. The lowest BCUT2D eigenvalue weighted by Gasteiger charge is -2.34. The van der Waals surface area contributed by atoms with Gasteiger partial charge in [0.2, 0.25) is 5.91 Å². The summed E-state index contributed by atoms with van der Waals surface area (Å²) >= 11 is 0. The van der Waals surface area contributed by atoms with Crippen LogP contribution in [0.3, 0.4) is 0 Å². The molecule has 0 saturated heterocycles. The van der Waals surface area contributed by atoms with Gasteiger partial charge < -0.3 is 10.0 Å². The van der Waals surface area contributed by atoms with Gasteiger partial charge in [0, 0.05) is 31.1 Å². The van der Waals surface area contributed by atoms with E-state index in [0.29, 0.717) is 13.1 Å². The minimum Gasteiger partial charge on any atom is -0.478 e. The first-order chi connectivity index (χ1) is 11.0. The zero-order valence-electron chi connectivity index (χ0n) is 15.7. The van der Waals surface area contributed by atoms with Crippen LogP contribution in [0.25, 0.3) is 0 Å². The van der Waals surface area contributed by atoms with E-state index in [1.54, 1.807) is 24.3 Å². The van der Waals surface area contributed by atoms with Gasteiger partial charge in [-0.2, -0.15) is 0 Å². The largest absolute Gasteiger partial charge is 0.478 e. The lowest BCUT2D eigenvalue weighted by atomic mass is 10.1. The van der Waals surface area contributed by atoms with Crippen molar-refractivity contribution < 1.29 is 14.7 Å². The fourth-order valence-corrected chi connectivity index (χ4v) is 2.21. The molecule has 24 heavy (non-hydrogen) atoms. The number of benzene rings is 1. The Bertz CT molecular complexity index is 559. The summed E-state index contributed by atoms with van der Waals surface area (Å²) in [7, 11) is 2.06. The lowest BCUT2D eigenvalue weighted by molar-refractivity contribution is -0.135. The number of carboxylic acids is 1. The van der Waals surface area contributed by atoms with Crippen LogP contribution in [0.15, 0.2) is 24.3 Å². The van der Waals surface area contributed by atoms with Gasteiger partial charge in [0.15, 0.2) is 0 Å². The molecular weight excluding hydrogens is 304 g/mol. The van der Waals surface area contributed by atoms with Gasteiger partial charge in [0.25, 0.3) is 0 Å². The zero-order chi connectivity index (χ0) is 18.5. The van der Waals surface area contributed by atoms with E-state index < -0.39 is 5.97 Å². The molecule has 5 nitrogen and oxygen atoms in total. The van der Waals surface area contributed by atoms with Gasteiger partial charge in [-0.1, -0.05) is 26.0 Å². The molecule has 0 aromatic heterocycles. The molecule has 1 aromatic carbocycles. The summed E-state index contributed by atoms with van der Waals surface area (Å²) in [6, 6.07) is 6.71. The Balaban J connectivity index is 2.82. The summed E-state index contributed by atoms with van der Waals surface area (Å²) < 4.78 is 0. The molecule has 0 saturated carbocycles. The van der Waals surface area contributed by atoms with Gasteiger partial charge in [-0.25, -0.2) is 4.79 Å². The van der Waals surface area contributed by atoms with Gasteiger partial charge in [0.1, 0.15) is 0 Å². The summed E-state index contributed by atoms with van der Waals surface area (Å²) in [4.78, 5) is 27.5. The molecule has 1 amide bonds. The first-order valence-electron chi connectivity index (χ1n) is 8.34. The molecule has 0 radical (unpaired) electrons. The molecule has 0 fully saturated rings. The van der Waals surface area contributed by atoms with Gasteiger partial charge in [-0.15, -0.1) is 0 Å². The van der Waals surface area contributed by atoms with Crippen LogP contribution in [0.1, 0.15) is 50.5 Å². The van der Waals surface area contributed by atoms with Gasteiger partial charge in [0.05, 0.1) is 5.56 Å². The molecule has 1 rings (SSSR count). The van der Waals surface area contributed by atoms with E-state index in [-0.39, 0.29) is 22.9 Å². The Labute approximate surface area is 145 Å². The first-order valence-corrected chi connectivity index (χ1v) is 8.34. The smallest absolute Gasteiger partial charge is 0.335 e. The number of likely N-dealkylation sites (N-methyl/N-ethyl adjacent to an activating group) is 1. The maximum Gasteiger partial charge on any atom is 0.335 e. The Morgan fingerprint density at radius 1 is 1.08 bits per heavy atom. The molecule has 0 bridgehead atoms. The average Bonchev–Trinajstić information content (AvgIpc) is 2.49. The van der Waals surface area contributed by atoms with Crippen LogP contribution in [0.2, 0.25) is 0 Å². The number of amides is 1. The predicted octanol–water partition coefficient (Wildman–Crippen LogP) is 3.10. The van der Waals surface area contributed by atoms with Crippen molar-refractivity contribution in [1.82, 2.24) is 9.80 Å². The third-order valence-corrected chi connectivity index (χ3v) is 4.23. The minimum atomic E-state index is -0.941. The summed E-state index contributed by atoms with van der Waals surface area (Å²) in [5.41, 5.74) is 1.25. The highest BCUT2D eigenvalue weighted by Crippen LogP contribution is 2.13. The van der Waals surface area contributed by atoms with Crippen molar-refractivity contribution in [3.05, 3.63) is 35.4 Å². The van der Waals surface area contributed by atoms with Gasteiger partial charge in [-0.3, -0.25) is 9.69 Å². The zero-order valence-corrected chi connectivity index (χ0v) is 15.7. The highest BCUT2D eigenvalue weighted by molar-refractivity contribution is 5.87. The molecule has 0 unspecified atom stereocenters. The van der Waals surface area contributed by atoms with Gasteiger partial charge >= 0.3 is 5.97 Å². The number of carbonyl (C=O) groups is 2. The topological polar surface area (TPSA) is 60.9 Å². The summed E-state index contributed by atoms with van der Waals surface area (Å²) in [6.45, 7) is 12.2. The molecule has 0 aliphatic carbocycles. The number of aromatic carboxylic acids is 1. The standard InChI is InChI=1S/C19H30N2O3/c1-14(2)17(22)21(12-11-20(6)19(3,4)5)13-15-7-9-16(10-8-15)18(23)24/h7-10,14H,11-13H2,1-6H3,(H,23,24). The number of hydrogen-bond acceptors (Lipinski definition) is 3. The predicted molar refractivity (Wildman–Crippen MR) is 96.0 cm³/mol. The van der Waals surface area contributed by atoms with Crippen molar-refractivity contribution in [2.75, 3.05) is 20.1 Å². The van der Waals surface area contributed by atoms with Crippen LogP contribution in [0, 0.1) is 5.92 Å². The van der Waals surface area contributed by atoms with E-state index in [4.69, 9.17) is 5.11 Å². The van der Waals surface area contributed by atoms with Crippen molar-refractivity contribution in [2.24, 2.45) is 5.92 Å². The maximum absolute atomic E-state index is 12.5. The number of hydrogen-bond donors (Lipinski definition) is 1. The maximum atomic E-state index is 12.5. The second-order valence-corrected chi connectivity index (χ2v) is 7.51. The first kappa shape index (κ1) is 20.2. The molecule has 134 valence electrons. The van der Waals surface area contributed by atoms with Crippen LogP contribution >= 0.6 is 0 Å². The molecule has 1 N–H and O–H groups in total. The molecule has 0 heterocycles. The summed E-state index contributed by atoms with van der Waals surface area (Å²) in [5, 5.41) is 8.97. The molecule has 0 aliphatic heterocycles. The molecule has 1 aromatic rings. The highest BCUT2D eigenvalue weighted by Gasteiger charge is 2.21. The number of carboxylic acid groups (broad SMARTS) is 1. The molecule has 0 aliphatic rings. The van der Waals surface area contributed by atoms with Crippen LogP contribution in [0.5, 0.6) is 0 Å². The number of nitrogens with zero attached hydrogens (tertiary/aromatic N) is 2. The second kappa shape index (κ2) is 8.29. The van der Waals surface area contributed by atoms with Crippen LogP contribution < -0.4 is 0 Å². The SMILES string of the molecule is CC(C)C(=O)N(CCN(C)C(C)(C)C)Cc1ccc(C(=O)O)cc1. The molecular formula is C19H30N2O3. The normalized spacial score (nSPS) is 11.8. The van der Waals surface area contributed by atoms with E-state index in [2.05, 4.69) is 32.7 Å². The van der Waals surface area contributed by atoms with E-state index >= 15 is 0 Å². The van der Waals surface area contributed by atoms with Crippen molar-refractivity contribution in [3.63, 3.8) is 0 Å². The molecule has 0 spiro atoms. The fraction of sp³-hybridized carbons (Fsp3) is 0.579. The minimum absolute atomic E-state index is 0.0513. The Kier molecular flexibility index (Phi) is 6.96. The monoisotopic (exact) mass is 334 g/mol. The third kappa shape index (κ3) is 5.96. The van der Waals surface area contributed by atoms with Crippen LogP contribution in [-0.4, -0.2) is 52.5 Å². The number of rotatable bonds is 7. The quantitative estimate of drug-likeness (QED) is 0.832. The highest BCUT2D eigenvalue weighted by atomic mass is 16.4. The summed E-state index contributed by atoms with van der Waals surface area (Å²) in [6.07, 6.45) is 0. The lowest BCUT2D eigenvalue weighted by Crippen LogP contribution is -2.45. The van der Waals surface area contributed by atoms with E-state index in [9.17, 15) is 9.59 Å². The van der Waals surface area contributed by atoms with Crippen molar-refractivity contribution in [1.29, 1.82) is 0 Å². The van der Waals surface area contributed by atoms with E-state index in [1.807, 2.05) is 18.7 Å². The van der Waals surface area contributed by atoms with Crippen molar-refractivity contribution in [2.45, 2.75) is 46.7 Å². The molecule has 5 heteroatoms. The second-order valence-electron chi connectivity index (χ2n) is 7.51. The average molecular weight is 334 g/mol. The Hall–Kier alpha value is -1.88. The fourth-order valence-electron chi connectivity index (χ4n) is 2.21. The van der Waals surface area contributed by atoms with Crippen LogP contribution in [0.4, 0.5) is 0 Å². The third-order valence-electron chi connectivity index (χ3n) is 4.23. The van der Waals surface area contributed by atoms with Crippen molar-refractivity contribution >= 4 is 11.9 Å². The number of carbonyl (C=O) groups excluding carboxylic acids is 1.